The molecule has 198 valence electrons. The molecule has 12 heteroatoms. The van der Waals surface area contributed by atoms with Crippen LogP contribution in [0, 0.1) is 5.92 Å². The number of nitrogens with zero attached hydrogens (tertiary/aromatic N) is 2. The Bertz CT molecular complexity index is 1210. The van der Waals surface area contributed by atoms with Crippen LogP contribution in [0.5, 0.6) is 0 Å². The summed E-state index contributed by atoms with van der Waals surface area (Å²) in [4.78, 5) is 28.1. The lowest BCUT2D eigenvalue weighted by Crippen LogP contribution is -2.52. The number of rotatable bonds is 11. The lowest BCUT2D eigenvalue weighted by Gasteiger charge is -2.33. The van der Waals surface area contributed by atoms with E-state index in [9.17, 15) is 18.0 Å². The Morgan fingerprint density at radius 3 is 2.06 bits per heavy atom. The molecule has 0 heterocycles. The van der Waals surface area contributed by atoms with Gasteiger partial charge in [0.25, 0.3) is 0 Å². The van der Waals surface area contributed by atoms with E-state index in [1.165, 1.54) is 29.2 Å². The Balaban J connectivity index is 2.49. The first kappa shape index (κ1) is 30.5. The molecule has 0 aliphatic rings. The molecular formula is C24H29Cl4N3O4S. The zero-order valence-electron chi connectivity index (χ0n) is 20.4. The van der Waals surface area contributed by atoms with Gasteiger partial charge in [0.2, 0.25) is 21.8 Å². The molecule has 0 unspecified atom stereocenters. The van der Waals surface area contributed by atoms with Gasteiger partial charge in [-0.3, -0.25) is 13.9 Å². The Morgan fingerprint density at radius 1 is 0.972 bits per heavy atom. The van der Waals surface area contributed by atoms with Crippen molar-refractivity contribution in [2.24, 2.45) is 5.92 Å². The number of benzene rings is 2. The minimum atomic E-state index is -3.93. The largest absolute Gasteiger partial charge is 0.354 e. The fraction of sp³-hybridized carbons (Fsp3) is 0.417. The van der Waals surface area contributed by atoms with Gasteiger partial charge in [-0.2, -0.15) is 0 Å². The molecule has 0 radical (unpaired) electrons. The first-order valence-corrected chi connectivity index (χ1v) is 14.5. The van der Waals surface area contributed by atoms with Gasteiger partial charge in [0.15, 0.2) is 0 Å². The highest BCUT2D eigenvalue weighted by Crippen LogP contribution is 2.31. The molecule has 0 spiro atoms. The van der Waals surface area contributed by atoms with Gasteiger partial charge in [-0.15, -0.1) is 0 Å². The zero-order valence-corrected chi connectivity index (χ0v) is 24.2. The van der Waals surface area contributed by atoms with Crippen LogP contribution >= 0.6 is 46.4 Å². The van der Waals surface area contributed by atoms with E-state index in [1.807, 2.05) is 13.8 Å². The van der Waals surface area contributed by atoms with Crippen LogP contribution in [0.4, 0.5) is 5.69 Å². The predicted molar refractivity (Wildman–Crippen MR) is 148 cm³/mol. The molecule has 0 aliphatic heterocycles. The minimum absolute atomic E-state index is 0.0333. The zero-order chi connectivity index (χ0) is 27.2. The van der Waals surface area contributed by atoms with Crippen LogP contribution in [-0.2, 0) is 26.2 Å². The van der Waals surface area contributed by atoms with Crippen molar-refractivity contribution in [3.8, 4) is 0 Å². The van der Waals surface area contributed by atoms with Crippen LogP contribution in [0.2, 0.25) is 20.1 Å². The SMILES string of the molecule is CC[C@H](C(=O)NCC(C)C)N(Cc1ccc(Cl)cc1Cl)C(=O)CN(c1ccc(Cl)cc1Cl)S(C)(=O)=O. The minimum Gasteiger partial charge on any atom is -0.354 e. The van der Waals surface area contributed by atoms with Crippen molar-refractivity contribution < 1.29 is 18.0 Å². The maximum absolute atomic E-state index is 13.7. The fourth-order valence-corrected chi connectivity index (χ4v) is 5.34. The molecule has 0 saturated heterocycles. The lowest BCUT2D eigenvalue weighted by atomic mass is 10.1. The standard InChI is InChI=1S/C24H29Cl4N3O4S/c1-5-21(24(33)29-12-15(2)3)30(13-16-6-7-17(25)10-19(16)27)23(32)14-31(36(4,34)35)22-9-8-18(26)11-20(22)28/h6-11,15,21H,5,12-14H2,1-4H3,(H,29,33)/t21-/m1/s1. The van der Waals surface area contributed by atoms with Gasteiger partial charge < -0.3 is 10.2 Å². The summed E-state index contributed by atoms with van der Waals surface area (Å²) in [6.07, 6.45) is 1.26. The van der Waals surface area contributed by atoms with Gasteiger partial charge >= 0.3 is 0 Å². The molecule has 0 bridgehead atoms. The molecule has 0 saturated carbocycles. The topological polar surface area (TPSA) is 86.8 Å². The van der Waals surface area contributed by atoms with Crippen LogP contribution in [0.15, 0.2) is 36.4 Å². The molecule has 36 heavy (non-hydrogen) atoms. The first-order chi connectivity index (χ1) is 16.7. The summed E-state index contributed by atoms with van der Waals surface area (Å²) in [6.45, 7) is 5.49. The maximum atomic E-state index is 13.7. The molecule has 2 aromatic carbocycles. The highest BCUT2D eigenvalue weighted by atomic mass is 35.5. The number of anilines is 1. The smallest absolute Gasteiger partial charge is 0.244 e. The van der Waals surface area contributed by atoms with Crippen molar-refractivity contribution >= 4 is 73.9 Å². The van der Waals surface area contributed by atoms with Gasteiger partial charge in [-0.25, -0.2) is 8.42 Å². The summed E-state index contributed by atoms with van der Waals surface area (Å²) in [5.41, 5.74) is 0.652. The van der Waals surface area contributed by atoms with Gasteiger partial charge in [0.1, 0.15) is 12.6 Å². The van der Waals surface area contributed by atoms with Gasteiger partial charge in [0, 0.05) is 28.2 Å². The molecule has 0 aromatic heterocycles. The normalized spacial score (nSPS) is 12.4. The van der Waals surface area contributed by atoms with E-state index in [-0.39, 0.29) is 29.1 Å². The Hall–Kier alpha value is -1.71. The van der Waals surface area contributed by atoms with E-state index >= 15 is 0 Å². The lowest BCUT2D eigenvalue weighted by molar-refractivity contribution is -0.140. The molecule has 0 aliphatic carbocycles. The monoisotopic (exact) mass is 595 g/mol. The molecule has 7 nitrogen and oxygen atoms in total. The van der Waals surface area contributed by atoms with E-state index in [2.05, 4.69) is 5.32 Å². The van der Waals surface area contributed by atoms with Crippen LogP contribution < -0.4 is 9.62 Å². The highest BCUT2D eigenvalue weighted by Gasteiger charge is 2.32. The molecule has 0 fully saturated rings. The molecule has 2 rings (SSSR count). The average Bonchev–Trinajstić information content (AvgIpc) is 2.77. The Morgan fingerprint density at radius 2 is 1.56 bits per heavy atom. The third kappa shape index (κ3) is 8.42. The molecular weight excluding hydrogens is 568 g/mol. The Labute approximate surface area is 232 Å². The molecule has 1 atom stereocenters. The van der Waals surface area contributed by atoms with E-state index in [4.69, 9.17) is 46.4 Å². The Kier molecular flexibility index (Phi) is 11.2. The van der Waals surface area contributed by atoms with E-state index in [0.717, 1.165) is 10.6 Å². The number of amides is 2. The quantitative estimate of drug-likeness (QED) is 0.363. The van der Waals surface area contributed by atoms with Crippen molar-refractivity contribution in [3.05, 3.63) is 62.1 Å². The third-order valence-corrected chi connectivity index (χ3v) is 7.54. The number of hydrogen-bond donors (Lipinski definition) is 1. The number of sulfonamides is 1. The maximum Gasteiger partial charge on any atom is 0.244 e. The van der Waals surface area contributed by atoms with Crippen molar-refractivity contribution in [2.75, 3.05) is 23.7 Å². The van der Waals surface area contributed by atoms with Crippen LogP contribution in [-0.4, -0.2) is 50.5 Å². The van der Waals surface area contributed by atoms with Crippen molar-refractivity contribution in [1.82, 2.24) is 10.2 Å². The average molecular weight is 597 g/mol. The van der Waals surface area contributed by atoms with Gasteiger partial charge in [-0.05, 0) is 48.2 Å². The number of halogens is 4. The van der Waals surface area contributed by atoms with E-state index < -0.39 is 28.5 Å². The summed E-state index contributed by atoms with van der Waals surface area (Å²) < 4.78 is 26.2. The van der Waals surface area contributed by atoms with Crippen LogP contribution in [0.25, 0.3) is 0 Å². The predicted octanol–water partition coefficient (Wildman–Crippen LogP) is 5.65. The van der Waals surface area contributed by atoms with Crippen LogP contribution in [0.3, 0.4) is 0 Å². The summed E-state index contributed by atoms with van der Waals surface area (Å²) in [5, 5.41) is 3.97. The fourth-order valence-electron chi connectivity index (χ4n) is 3.45. The second-order valence-electron chi connectivity index (χ2n) is 8.69. The van der Waals surface area contributed by atoms with E-state index in [0.29, 0.717) is 33.6 Å². The summed E-state index contributed by atoms with van der Waals surface area (Å²) in [6, 6.07) is 8.25. The van der Waals surface area contributed by atoms with Crippen LogP contribution in [0.1, 0.15) is 32.8 Å². The summed E-state index contributed by atoms with van der Waals surface area (Å²) in [5.74, 6) is -0.752. The second-order valence-corrected chi connectivity index (χ2v) is 12.3. The van der Waals surface area contributed by atoms with Crippen molar-refractivity contribution in [3.63, 3.8) is 0 Å². The summed E-state index contributed by atoms with van der Waals surface area (Å²) >= 11 is 24.6. The summed E-state index contributed by atoms with van der Waals surface area (Å²) in [7, 11) is -3.93. The van der Waals surface area contributed by atoms with Crippen molar-refractivity contribution in [1.29, 1.82) is 0 Å². The van der Waals surface area contributed by atoms with Gasteiger partial charge in [0.05, 0.1) is 17.0 Å². The number of carbonyl (C=O) groups is 2. The third-order valence-electron chi connectivity index (χ3n) is 5.28. The van der Waals surface area contributed by atoms with E-state index in [1.54, 1.807) is 19.1 Å². The van der Waals surface area contributed by atoms with Crippen molar-refractivity contribution in [2.45, 2.75) is 39.8 Å². The molecule has 2 aromatic rings. The van der Waals surface area contributed by atoms with Gasteiger partial charge in [-0.1, -0.05) is 73.2 Å². The second kappa shape index (κ2) is 13.2. The number of hydrogen-bond acceptors (Lipinski definition) is 4. The molecule has 1 N–H and O–H groups in total. The number of nitrogens with one attached hydrogen (secondary N) is 1. The first-order valence-electron chi connectivity index (χ1n) is 11.2. The molecule has 2 amide bonds. The highest BCUT2D eigenvalue weighted by molar-refractivity contribution is 7.92. The number of carbonyl (C=O) groups excluding carboxylic acids is 2.